The van der Waals surface area contributed by atoms with Gasteiger partial charge >= 0.3 is 6.09 Å². The van der Waals surface area contributed by atoms with Crippen LogP contribution >= 0.6 is 11.8 Å². The van der Waals surface area contributed by atoms with E-state index in [0.717, 1.165) is 4.90 Å². The lowest BCUT2D eigenvalue weighted by molar-refractivity contribution is -0.132. The smallest absolute Gasteiger partial charge is 0.409 e. The number of piperazine rings is 1. The molecule has 1 saturated heterocycles. The van der Waals surface area contributed by atoms with Gasteiger partial charge in [-0.2, -0.15) is 0 Å². The van der Waals surface area contributed by atoms with Crippen LogP contribution in [-0.2, 0) is 24.2 Å². The van der Waals surface area contributed by atoms with E-state index in [1.807, 2.05) is 0 Å². The van der Waals surface area contributed by atoms with Crippen LogP contribution in [0.3, 0.4) is 0 Å². The van der Waals surface area contributed by atoms with Crippen molar-refractivity contribution < 1.29 is 27.5 Å². The molecule has 0 bridgehead atoms. The largest absolute Gasteiger partial charge is 0.450 e. The fourth-order valence-corrected chi connectivity index (χ4v) is 5.41. The van der Waals surface area contributed by atoms with E-state index in [0.29, 0.717) is 38.5 Å². The van der Waals surface area contributed by atoms with Gasteiger partial charge in [-0.1, -0.05) is 0 Å². The highest BCUT2D eigenvalue weighted by atomic mass is 32.2. The van der Waals surface area contributed by atoms with Crippen LogP contribution in [0.15, 0.2) is 28.0 Å². The lowest BCUT2D eigenvalue weighted by Gasteiger charge is -2.34. The molecule has 2 aliphatic rings. The normalized spacial score (nSPS) is 19.1. The highest BCUT2D eigenvalue weighted by molar-refractivity contribution is 8.01. The third-order valence-corrected chi connectivity index (χ3v) is 7.88. The van der Waals surface area contributed by atoms with Gasteiger partial charge in [0.25, 0.3) is 0 Å². The molecule has 2 aliphatic heterocycles. The molecule has 1 atom stereocenters. The highest BCUT2D eigenvalue weighted by Crippen LogP contribution is 2.36. The van der Waals surface area contributed by atoms with Crippen molar-refractivity contribution in [3.8, 4) is 0 Å². The second-order valence-corrected chi connectivity index (χ2v) is 10.5. The first kappa shape index (κ1) is 22.4. The Bertz CT molecular complexity index is 942. The Morgan fingerprint density at radius 3 is 2.53 bits per heavy atom. The number of hydrogen-bond acceptors (Lipinski definition) is 7. The molecular formula is C19H25N3O6S2. The number of thioether (sulfide) groups is 1. The Hall–Kier alpha value is -2.27. The third-order valence-electron chi connectivity index (χ3n) is 4.98. The van der Waals surface area contributed by atoms with Gasteiger partial charge in [0.1, 0.15) is 0 Å². The summed E-state index contributed by atoms with van der Waals surface area (Å²) in [7, 11) is -3.68. The van der Waals surface area contributed by atoms with Crippen LogP contribution in [0.5, 0.6) is 0 Å². The zero-order valence-electron chi connectivity index (χ0n) is 16.9. The second kappa shape index (κ2) is 9.25. The van der Waals surface area contributed by atoms with E-state index < -0.39 is 15.9 Å². The number of anilines is 1. The molecule has 9 nitrogen and oxygen atoms in total. The third kappa shape index (κ3) is 5.07. The number of carbonyl (C=O) groups excluding carboxylic acids is 3. The molecular weight excluding hydrogens is 430 g/mol. The maximum Gasteiger partial charge on any atom is 0.409 e. The van der Waals surface area contributed by atoms with Crippen molar-refractivity contribution >= 4 is 45.2 Å². The zero-order chi connectivity index (χ0) is 21.9. The molecule has 1 unspecified atom stereocenters. The summed E-state index contributed by atoms with van der Waals surface area (Å²) in [6, 6.07) is 4.64. The quantitative estimate of drug-likeness (QED) is 0.717. The fourth-order valence-electron chi connectivity index (χ4n) is 3.23. The van der Waals surface area contributed by atoms with Crippen LogP contribution in [0, 0.1) is 0 Å². The second-order valence-electron chi connectivity index (χ2n) is 7.04. The van der Waals surface area contributed by atoms with E-state index in [1.54, 1.807) is 24.8 Å². The van der Waals surface area contributed by atoms with Crippen molar-refractivity contribution in [1.82, 2.24) is 9.80 Å². The van der Waals surface area contributed by atoms with Crippen LogP contribution in [-0.4, -0.2) is 79.9 Å². The van der Waals surface area contributed by atoms with E-state index in [2.05, 4.69) is 5.32 Å². The van der Waals surface area contributed by atoms with Gasteiger partial charge in [-0.3, -0.25) is 9.59 Å². The number of fused-ring (bicyclic) bond motifs is 1. The molecule has 0 aromatic heterocycles. The van der Waals surface area contributed by atoms with Gasteiger partial charge in [0, 0.05) is 37.5 Å². The molecule has 2 heterocycles. The number of hydrogen-bond donors (Lipinski definition) is 1. The molecule has 0 radical (unpaired) electrons. The maximum atomic E-state index is 12.7. The number of benzene rings is 1. The van der Waals surface area contributed by atoms with E-state index in [9.17, 15) is 22.8 Å². The SMILES string of the molecule is CCOC(=O)N1CCN(C(=O)CCS(=O)(=O)c2ccc3c(c2)NC(=O)C(C)S3)CC1. The maximum absolute atomic E-state index is 12.7. The molecule has 1 fully saturated rings. The van der Waals surface area contributed by atoms with Crippen LogP contribution in [0.2, 0.25) is 0 Å². The number of sulfone groups is 1. The Morgan fingerprint density at radius 2 is 1.87 bits per heavy atom. The summed E-state index contributed by atoms with van der Waals surface area (Å²) >= 11 is 1.38. The number of carbonyl (C=O) groups is 3. The number of nitrogens with one attached hydrogen (secondary N) is 1. The van der Waals surface area contributed by atoms with Crippen molar-refractivity contribution in [2.24, 2.45) is 0 Å². The summed E-state index contributed by atoms with van der Waals surface area (Å²) in [4.78, 5) is 40.0. The van der Waals surface area contributed by atoms with E-state index in [4.69, 9.17) is 4.74 Å². The number of nitrogens with zero attached hydrogens (tertiary/aromatic N) is 2. The average Bonchev–Trinajstić information content (AvgIpc) is 2.73. The Morgan fingerprint density at radius 1 is 1.20 bits per heavy atom. The van der Waals surface area contributed by atoms with Gasteiger partial charge in [0.15, 0.2) is 9.84 Å². The molecule has 3 rings (SSSR count). The summed E-state index contributed by atoms with van der Waals surface area (Å²) in [6.45, 7) is 5.21. The molecule has 30 heavy (non-hydrogen) atoms. The van der Waals surface area contributed by atoms with Gasteiger partial charge in [0.2, 0.25) is 11.8 Å². The molecule has 164 valence electrons. The molecule has 3 amide bonds. The van der Waals surface area contributed by atoms with Gasteiger partial charge in [0.05, 0.1) is 28.2 Å². The minimum Gasteiger partial charge on any atom is -0.450 e. The molecule has 11 heteroatoms. The van der Waals surface area contributed by atoms with Gasteiger partial charge in [-0.15, -0.1) is 11.8 Å². The minimum atomic E-state index is -3.68. The zero-order valence-corrected chi connectivity index (χ0v) is 18.6. The summed E-state index contributed by atoms with van der Waals surface area (Å²) in [5.74, 6) is -0.753. The van der Waals surface area contributed by atoms with Crippen molar-refractivity contribution in [2.75, 3.05) is 43.9 Å². The monoisotopic (exact) mass is 455 g/mol. The molecule has 0 spiro atoms. The first-order valence-corrected chi connectivity index (χ1v) is 12.3. The van der Waals surface area contributed by atoms with Gasteiger partial charge in [-0.05, 0) is 32.0 Å². The van der Waals surface area contributed by atoms with E-state index >= 15 is 0 Å². The van der Waals surface area contributed by atoms with E-state index in [-0.39, 0.29) is 34.1 Å². The summed E-state index contributed by atoms with van der Waals surface area (Å²) in [5, 5.41) is 2.48. The van der Waals surface area contributed by atoms with Crippen LogP contribution in [0.25, 0.3) is 0 Å². The van der Waals surface area contributed by atoms with Crippen LogP contribution in [0.1, 0.15) is 20.3 Å². The molecule has 0 saturated carbocycles. The Kier molecular flexibility index (Phi) is 6.91. The highest BCUT2D eigenvalue weighted by Gasteiger charge is 2.28. The average molecular weight is 456 g/mol. The van der Waals surface area contributed by atoms with Gasteiger partial charge in [-0.25, -0.2) is 13.2 Å². The predicted molar refractivity (Wildman–Crippen MR) is 112 cm³/mol. The standard InChI is InChI=1S/C19H25N3O6S2/c1-3-28-19(25)22-9-7-21(8-10-22)17(23)6-11-30(26,27)14-4-5-16-15(12-14)20-18(24)13(2)29-16/h4-5,12-13H,3,6-11H2,1-2H3,(H,20,24). The van der Waals surface area contributed by atoms with Crippen molar-refractivity contribution in [3.05, 3.63) is 18.2 Å². The van der Waals surface area contributed by atoms with Crippen molar-refractivity contribution in [2.45, 2.75) is 35.3 Å². The van der Waals surface area contributed by atoms with Gasteiger partial charge < -0.3 is 19.9 Å². The first-order chi connectivity index (χ1) is 14.2. The molecule has 0 aliphatic carbocycles. The molecule has 1 aromatic rings. The first-order valence-electron chi connectivity index (χ1n) is 9.75. The Balaban J connectivity index is 1.57. The van der Waals surface area contributed by atoms with Crippen molar-refractivity contribution in [1.29, 1.82) is 0 Å². The predicted octanol–water partition coefficient (Wildman–Crippen LogP) is 1.58. The van der Waals surface area contributed by atoms with Crippen molar-refractivity contribution in [3.63, 3.8) is 0 Å². The topological polar surface area (TPSA) is 113 Å². The Labute approximate surface area is 180 Å². The minimum absolute atomic E-state index is 0.0802. The summed E-state index contributed by atoms with van der Waals surface area (Å²) < 4.78 is 30.4. The van der Waals surface area contributed by atoms with E-state index in [1.165, 1.54) is 28.8 Å². The fraction of sp³-hybridized carbons (Fsp3) is 0.526. The number of ether oxygens (including phenoxy) is 1. The molecule has 1 aromatic carbocycles. The lowest BCUT2D eigenvalue weighted by atomic mass is 10.3. The number of amides is 3. The summed E-state index contributed by atoms with van der Waals surface area (Å²) in [5.41, 5.74) is 0.477. The summed E-state index contributed by atoms with van der Waals surface area (Å²) in [6.07, 6.45) is -0.545. The number of rotatable bonds is 5. The lowest BCUT2D eigenvalue weighted by Crippen LogP contribution is -2.50. The van der Waals surface area contributed by atoms with Crippen LogP contribution < -0.4 is 5.32 Å². The van der Waals surface area contributed by atoms with Crippen LogP contribution in [0.4, 0.5) is 10.5 Å². The molecule has 1 N–H and O–H groups in total.